The first-order chi connectivity index (χ1) is 6.39. The van der Waals surface area contributed by atoms with E-state index in [1.54, 1.807) is 13.8 Å². The normalized spacial score (nSPS) is 40.5. The van der Waals surface area contributed by atoms with Crippen molar-refractivity contribution in [2.75, 3.05) is 0 Å². The quantitative estimate of drug-likeness (QED) is 0.693. The molecule has 0 saturated carbocycles. The first-order valence-electron chi connectivity index (χ1n) is 4.35. The summed E-state index contributed by atoms with van der Waals surface area (Å²) >= 11 is 0. The third-order valence-corrected chi connectivity index (χ3v) is 6.62. The van der Waals surface area contributed by atoms with E-state index in [-0.39, 0.29) is 0 Å². The van der Waals surface area contributed by atoms with Gasteiger partial charge < -0.3 is 0 Å². The fourth-order valence-corrected chi connectivity index (χ4v) is 5.74. The Hall–Kier alpha value is 0.0600. The monoisotopic (exact) mass is 242 g/mol. The van der Waals surface area contributed by atoms with Crippen molar-refractivity contribution in [2.24, 2.45) is 0 Å². The molecule has 0 N–H and O–H groups in total. The predicted molar refractivity (Wildman–Crippen MR) is 46.9 cm³/mol. The van der Waals surface area contributed by atoms with Gasteiger partial charge in [0, 0.05) is 0 Å². The Morgan fingerprint density at radius 1 is 1.21 bits per heavy atom. The van der Waals surface area contributed by atoms with Crippen LogP contribution >= 0.6 is 7.82 Å². The second-order valence-corrected chi connectivity index (χ2v) is 6.90. The van der Waals surface area contributed by atoms with Crippen LogP contribution in [0.3, 0.4) is 0 Å². The Kier molecular flexibility index (Phi) is 2.11. The van der Waals surface area contributed by atoms with Gasteiger partial charge in [0.1, 0.15) is 0 Å². The molecule has 0 spiro atoms. The van der Waals surface area contributed by atoms with E-state index in [0.717, 1.165) is 0 Å². The summed E-state index contributed by atoms with van der Waals surface area (Å²) in [4.78, 5) is 0. The lowest BCUT2D eigenvalue weighted by molar-refractivity contribution is -0.371. The molecule has 6 nitrogen and oxygen atoms in total. The predicted octanol–water partition coefficient (Wildman–Crippen LogP) is 1.39. The molecule has 3 saturated heterocycles. The van der Waals surface area contributed by atoms with Crippen molar-refractivity contribution >= 4 is 17.7 Å². The van der Waals surface area contributed by atoms with Crippen molar-refractivity contribution < 1.29 is 26.6 Å². The lowest BCUT2D eigenvalue weighted by atomic mass is 10.3. The molecule has 0 aromatic rings. The molecule has 0 aromatic carbocycles. The smallest absolute Gasteiger partial charge is 0.227 e. The molecule has 3 fully saturated rings. The molecule has 0 radical (unpaired) electrons. The highest BCUT2D eigenvalue weighted by Crippen LogP contribution is 2.81. The zero-order valence-electron chi connectivity index (χ0n) is 7.80. The maximum Gasteiger partial charge on any atom is 0.490 e. The average molecular weight is 242 g/mol. The van der Waals surface area contributed by atoms with Gasteiger partial charge in [-0.25, -0.2) is 26.6 Å². The fraction of sp³-hybridized carbons (Fsp3) is 1.00. The maximum atomic E-state index is 11.8. The van der Waals surface area contributed by atoms with E-state index >= 15 is 0 Å². The van der Waals surface area contributed by atoms with Crippen molar-refractivity contribution in [1.29, 1.82) is 0 Å². The number of rotatable bonds is 4. The summed E-state index contributed by atoms with van der Waals surface area (Å²) in [5.41, 5.74) is 0. The molecule has 3 heterocycles. The van der Waals surface area contributed by atoms with Gasteiger partial charge in [0.05, 0.1) is 5.25 Å². The van der Waals surface area contributed by atoms with E-state index in [1.165, 1.54) is 0 Å². The van der Waals surface area contributed by atoms with Crippen molar-refractivity contribution in [2.45, 2.75) is 37.2 Å². The van der Waals surface area contributed by atoms with Crippen LogP contribution in [0.4, 0.5) is 0 Å². The van der Waals surface area contributed by atoms with Crippen molar-refractivity contribution in [3.63, 3.8) is 0 Å². The van der Waals surface area contributed by atoms with Crippen molar-refractivity contribution in [3.8, 4) is 0 Å². The third-order valence-electron chi connectivity index (χ3n) is 2.37. The molecule has 0 amide bonds. The molecule has 0 unspecified atom stereocenters. The zero-order valence-corrected chi connectivity index (χ0v) is 9.51. The van der Waals surface area contributed by atoms with Crippen LogP contribution in [0.1, 0.15) is 26.7 Å². The molecule has 3 aliphatic heterocycles. The second-order valence-electron chi connectivity index (χ2n) is 3.20. The van der Waals surface area contributed by atoms with E-state index in [9.17, 15) is 13.0 Å². The number of hydrogen-bond donors (Lipinski definition) is 0. The highest BCUT2D eigenvalue weighted by molar-refractivity contribution is 7.94. The molecule has 14 heavy (non-hydrogen) atoms. The summed E-state index contributed by atoms with van der Waals surface area (Å²) in [6, 6.07) is 0. The third kappa shape index (κ3) is 1.07. The van der Waals surface area contributed by atoms with Crippen molar-refractivity contribution in [3.05, 3.63) is 0 Å². The van der Waals surface area contributed by atoms with Gasteiger partial charge in [-0.15, -0.1) is 0 Å². The van der Waals surface area contributed by atoms with Crippen LogP contribution < -0.4 is 0 Å². The van der Waals surface area contributed by atoms with Gasteiger partial charge in [-0.1, -0.05) is 13.8 Å². The molecule has 0 aliphatic carbocycles. The van der Waals surface area contributed by atoms with Gasteiger partial charge >= 0.3 is 13.1 Å². The van der Waals surface area contributed by atoms with Gasteiger partial charge in [0.25, 0.3) is 0 Å². The first-order valence-corrected chi connectivity index (χ1v) is 7.35. The molecular formula is C6H11O6PS. The summed E-state index contributed by atoms with van der Waals surface area (Å²) in [6.07, 6.45) is 0.891. The lowest BCUT2D eigenvalue weighted by Gasteiger charge is -2.54. The van der Waals surface area contributed by atoms with Gasteiger partial charge in [-0.2, -0.15) is 0 Å². The van der Waals surface area contributed by atoms with Gasteiger partial charge in [0.2, 0.25) is 9.84 Å². The van der Waals surface area contributed by atoms with E-state index < -0.39 is 28.2 Å². The summed E-state index contributed by atoms with van der Waals surface area (Å²) in [5, 5.41) is -2.63. The molecule has 3 aliphatic rings. The number of phosphoric ester groups is 1. The van der Waals surface area contributed by atoms with Crippen LogP contribution in [-0.2, 0) is 28.0 Å². The first kappa shape index (κ1) is 10.6. The molecule has 8 heteroatoms. The standard InChI is InChI=1S/C6H11O6PS/c1-3-5(4-2)14(8,9)6-10-13(7,11-6)12-6/h5H,3-4H2,1-2H3. The molecule has 0 atom stereocenters. The average Bonchev–Trinajstić information content (AvgIpc) is 1.98. The lowest BCUT2D eigenvalue weighted by Crippen LogP contribution is -2.64. The second kappa shape index (κ2) is 2.80. The summed E-state index contributed by atoms with van der Waals surface area (Å²) < 4.78 is 48.1. The SMILES string of the molecule is CCC(CC)S(=O)(=O)C12OP(=O)(O1)O2. The molecular weight excluding hydrogens is 231 g/mol. The van der Waals surface area contributed by atoms with Crippen LogP contribution in [0.15, 0.2) is 0 Å². The topological polar surface area (TPSA) is 78.9 Å². The Morgan fingerprint density at radius 2 is 1.64 bits per heavy atom. The largest absolute Gasteiger partial charge is 0.490 e. The van der Waals surface area contributed by atoms with E-state index in [4.69, 9.17) is 0 Å². The fourth-order valence-electron chi connectivity index (χ4n) is 1.52. The number of phosphoric acid groups is 1. The van der Waals surface area contributed by atoms with Gasteiger partial charge in [0.15, 0.2) is 0 Å². The van der Waals surface area contributed by atoms with Crippen LogP contribution in [0.25, 0.3) is 0 Å². The van der Waals surface area contributed by atoms with Crippen LogP contribution in [0.5, 0.6) is 0 Å². The number of hydrogen-bond acceptors (Lipinski definition) is 6. The molecule has 82 valence electrons. The van der Waals surface area contributed by atoms with Crippen LogP contribution in [-0.4, -0.2) is 19.0 Å². The molecule has 3 rings (SSSR count). The van der Waals surface area contributed by atoms with Crippen LogP contribution in [0, 0.1) is 0 Å². The highest BCUT2D eigenvalue weighted by atomic mass is 32.2. The Bertz CT molecular complexity index is 370. The van der Waals surface area contributed by atoms with E-state index in [0.29, 0.717) is 12.8 Å². The minimum atomic E-state index is -3.68. The minimum Gasteiger partial charge on any atom is -0.227 e. The Labute approximate surface area is 82.1 Å². The number of sulfone groups is 1. The highest BCUT2D eigenvalue weighted by Gasteiger charge is 2.82. The summed E-state index contributed by atoms with van der Waals surface area (Å²) in [6.45, 7) is 3.50. The zero-order chi connectivity index (χ0) is 10.6. The van der Waals surface area contributed by atoms with Gasteiger partial charge in [-0.3, -0.25) is 0 Å². The maximum absolute atomic E-state index is 11.8. The minimum absolute atomic E-state index is 0.445. The Balaban J connectivity index is 2.22. The summed E-state index contributed by atoms with van der Waals surface area (Å²) in [5.74, 6) is 0. The molecule has 0 aromatic heterocycles. The van der Waals surface area contributed by atoms with Crippen molar-refractivity contribution in [1.82, 2.24) is 0 Å². The van der Waals surface area contributed by atoms with E-state index in [1.807, 2.05) is 0 Å². The van der Waals surface area contributed by atoms with Crippen LogP contribution in [0.2, 0.25) is 0 Å². The molecule has 2 bridgehead atoms. The summed E-state index contributed by atoms with van der Waals surface area (Å²) in [7, 11) is -7.10. The van der Waals surface area contributed by atoms with Gasteiger partial charge in [-0.05, 0) is 12.8 Å². The van der Waals surface area contributed by atoms with E-state index in [2.05, 4.69) is 13.6 Å². The Morgan fingerprint density at radius 3 is 1.93 bits per heavy atom.